The number of amides is 2. The van der Waals surface area contributed by atoms with Crippen molar-refractivity contribution in [3.05, 3.63) is 59.7 Å². The van der Waals surface area contributed by atoms with Gasteiger partial charge in [-0.3, -0.25) is 9.59 Å². The third-order valence-electron chi connectivity index (χ3n) is 4.93. The molecule has 1 N–H and O–H groups in total. The minimum atomic E-state index is -0.416. The van der Waals surface area contributed by atoms with Gasteiger partial charge in [0.25, 0.3) is 0 Å². The Morgan fingerprint density at radius 3 is 2.62 bits per heavy atom. The summed E-state index contributed by atoms with van der Waals surface area (Å²) in [5.41, 5.74) is 4.99. The van der Waals surface area contributed by atoms with Crippen molar-refractivity contribution in [1.82, 2.24) is 10.3 Å². The van der Waals surface area contributed by atoms with Crippen LogP contribution in [-0.4, -0.2) is 43.2 Å². The zero-order valence-corrected chi connectivity index (χ0v) is 16.8. The van der Waals surface area contributed by atoms with Crippen LogP contribution in [0.1, 0.15) is 24.5 Å². The largest absolute Gasteiger partial charge is 0.497 e. The summed E-state index contributed by atoms with van der Waals surface area (Å²) in [7, 11) is 3.15. The zero-order valence-electron chi connectivity index (χ0n) is 16.8. The molecule has 29 heavy (non-hydrogen) atoms. The monoisotopic (exact) mass is 395 g/mol. The molecule has 2 aromatic rings. The molecule has 2 amide bonds. The normalized spacial score (nSPS) is 16.7. The highest BCUT2D eigenvalue weighted by Gasteiger charge is 2.34. The van der Waals surface area contributed by atoms with Crippen molar-refractivity contribution in [1.29, 1.82) is 0 Å². The van der Waals surface area contributed by atoms with Gasteiger partial charge in [0.2, 0.25) is 11.8 Å². The fourth-order valence-electron chi connectivity index (χ4n) is 3.29. The fraction of sp³-hybridized carbons (Fsp3) is 0.318. The van der Waals surface area contributed by atoms with Gasteiger partial charge in [-0.25, -0.2) is 5.43 Å². The standard InChI is InChI=1S/C22H25N3O4/c1-15(19-10-9-18(28-2)12-20(19)29-3)23-24-22(27)17-11-21(26)25(14-17)13-16-7-5-4-6-8-16/h4-10,12,17H,11,13-14H2,1-3H3,(H,24,27)/b23-15+. The van der Waals surface area contributed by atoms with Gasteiger partial charge in [-0.1, -0.05) is 30.3 Å². The third kappa shape index (κ3) is 4.93. The second-order valence-electron chi connectivity index (χ2n) is 6.90. The Labute approximate surface area is 170 Å². The number of hydrogen-bond acceptors (Lipinski definition) is 5. The van der Waals surface area contributed by atoms with Crippen LogP contribution in [0, 0.1) is 5.92 Å². The highest BCUT2D eigenvalue weighted by Crippen LogP contribution is 2.25. The minimum absolute atomic E-state index is 0.0217. The van der Waals surface area contributed by atoms with Gasteiger partial charge in [0.05, 0.1) is 25.8 Å². The number of nitrogens with one attached hydrogen (secondary N) is 1. The Hall–Kier alpha value is -3.35. The molecule has 3 rings (SSSR count). The number of benzene rings is 2. The molecule has 0 bridgehead atoms. The molecule has 1 fully saturated rings. The lowest BCUT2D eigenvalue weighted by Gasteiger charge is -2.16. The van der Waals surface area contributed by atoms with Gasteiger partial charge in [-0.05, 0) is 24.6 Å². The van der Waals surface area contributed by atoms with Crippen molar-refractivity contribution in [2.75, 3.05) is 20.8 Å². The molecular formula is C22H25N3O4. The van der Waals surface area contributed by atoms with E-state index in [1.54, 1.807) is 38.2 Å². The smallest absolute Gasteiger partial charge is 0.245 e. The summed E-state index contributed by atoms with van der Waals surface area (Å²) in [6.07, 6.45) is 0.194. The van der Waals surface area contributed by atoms with Gasteiger partial charge in [-0.15, -0.1) is 0 Å². The summed E-state index contributed by atoms with van der Waals surface area (Å²) in [6.45, 7) is 2.68. The predicted octanol–water partition coefficient (Wildman–Crippen LogP) is 2.59. The average Bonchev–Trinajstić information content (AvgIpc) is 3.12. The number of hydrazone groups is 1. The van der Waals surface area contributed by atoms with Crippen molar-refractivity contribution in [2.24, 2.45) is 11.0 Å². The maximum Gasteiger partial charge on any atom is 0.245 e. The van der Waals surface area contributed by atoms with Crippen LogP contribution in [0.3, 0.4) is 0 Å². The molecule has 1 saturated heterocycles. The molecule has 1 aliphatic heterocycles. The molecule has 0 saturated carbocycles. The summed E-state index contributed by atoms with van der Waals surface area (Å²) in [6, 6.07) is 15.1. The number of methoxy groups -OCH3 is 2. The molecule has 0 radical (unpaired) electrons. The van der Waals surface area contributed by atoms with Crippen LogP contribution in [0.4, 0.5) is 0 Å². The number of carbonyl (C=O) groups excluding carboxylic acids is 2. The van der Waals surface area contributed by atoms with Crippen LogP contribution in [0.2, 0.25) is 0 Å². The first-order valence-corrected chi connectivity index (χ1v) is 9.40. The van der Waals surface area contributed by atoms with E-state index in [9.17, 15) is 9.59 Å². The quantitative estimate of drug-likeness (QED) is 0.577. The van der Waals surface area contributed by atoms with E-state index in [0.717, 1.165) is 11.1 Å². The number of likely N-dealkylation sites (tertiary alicyclic amines) is 1. The van der Waals surface area contributed by atoms with Gasteiger partial charge >= 0.3 is 0 Å². The second kappa shape index (κ2) is 9.23. The Kier molecular flexibility index (Phi) is 6.49. The summed E-state index contributed by atoms with van der Waals surface area (Å²) in [5, 5.41) is 4.20. The van der Waals surface area contributed by atoms with Gasteiger partial charge in [0, 0.05) is 31.1 Å². The van der Waals surface area contributed by atoms with E-state index >= 15 is 0 Å². The topological polar surface area (TPSA) is 80.2 Å². The molecule has 152 valence electrons. The van der Waals surface area contributed by atoms with E-state index in [2.05, 4.69) is 10.5 Å². The summed E-state index contributed by atoms with van der Waals surface area (Å²) < 4.78 is 10.6. The van der Waals surface area contributed by atoms with Crippen molar-refractivity contribution >= 4 is 17.5 Å². The summed E-state index contributed by atoms with van der Waals surface area (Å²) >= 11 is 0. The van der Waals surface area contributed by atoms with Gasteiger partial charge in [0.1, 0.15) is 11.5 Å². The van der Waals surface area contributed by atoms with Crippen molar-refractivity contribution in [3.63, 3.8) is 0 Å². The Morgan fingerprint density at radius 1 is 1.17 bits per heavy atom. The first-order chi connectivity index (χ1) is 14.0. The van der Waals surface area contributed by atoms with Gasteiger partial charge < -0.3 is 14.4 Å². The number of carbonyl (C=O) groups is 2. The second-order valence-corrected chi connectivity index (χ2v) is 6.90. The average molecular weight is 395 g/mol. The van der Waals surface area contributed by atoms with E-state index < -0.39 is 5.92 Å². The van der Waals surface area contributed by atoms with Crippen molar-refractivity contribution in [2.45, 2.75) is 19.9 Å². The summed E-state index contributed by atoms with van der Waals surface area (Å²) in [4.78, 5) is 26.5. The predicted molar refractivity (Wildman–Crippen MR) is 110 cm³/mol. The summed E-state index contributed by atoms with van der Waals surface area (Å²) in [5.74, 6) is 0.572. The maximum atomic E-state index is 12.5. The molecule has 0 aliphatic carbocycles. The van der Waals surface area contributed by atoms with Crippen LogP contribution in [0.15, 0.2) is 53.6 Å². The lowest BCUT2D eigenvalue weighted by atomic mass is 10.1. The van der Waals surface area contributed by atoms with E-state index in [0.29, 0.717) is 30.3 Å². The first-order valence-electron chi connectivity index (χ1n) is 9.40. The lowest BCUT2D eigenvalue weighted by Crippen LogP contribution is -2.30. The zero-order chi connectivity index (χ0) is 20.8. The number of rotatable bonds is 7. The molecule has 1 atom stereocenters. The van der Waals surface area contributed by atoms with E-state index in [-0.39, 0.29) is 18.2 Å². The third-order valence-corrected chi connectivity index (χ3v) is 4.93. The van der Waals surface area contributed by atoms with Gasteiger partial charge in [-0.2, -0.15) is 5.10 Å². The van der Waals surface area contributed by atoms with E-state index in [4.69, 9.17) is 9.47 Å². The molecule has 2 aromatic carbocycles. The van der Waals surface area contributed by atoms with E-state index in [1.165, 1.54) is 0 Å². The highest BCUT2D eigenvalue weighted by atomic mass is 16.5. The Balaban J connectivity index is 1.62. The first kappa shape index (κ1) is 20.4. The Morgan fingerprint density at radius 2 is 1.93 bits per heavy atom. The van der Waals surface area contributed by atoms with Crippen LogP contribution >= 0.6 is 0 Å². The van der Waals surface area contributed by atoms with Crippen molar-refractivity contribution in [3.8, 4) is 11.5 Å². The number of nitrogens with zero attached hydrogens (tertiary/aromatic N) is 2. The molecule has 0 aromatic heterocycles. The minimum Gasteiger partial charge on any atom is -0.497 e. The molecule has 7 heteroatoms. The van der Waals surface area contributed by atoms with E-state index in [1.807, 2.05) is 36.4 Å². The number of hydrogen-bond donors (Lipinski definition) is 1. The molecule has 1 heterocycles. The maximum absolute atomic E-state index is 12.5. The lowest BCUT2D eigenvalue weighted by molar-refractivity contribution is -0.129. The SMILES string of the molecule is COc1ccc(/C(C)=N/NC(=O)C2CC(=O)N(Cc3ccccc3)C2)c(OC)c1. The Bertz CT molecular complexity index is 912. The molecule has 7 nitrogen and oxygen atoms in total. The molecular weight excluding hydrogens is 370 g/mol. The molecule has 0 spiro atoms. The molecule has 1 aliphatic rings. The van der Waals surface area contributed by atoms with Gasteiger partial charge in [0.15, 0.2) is 0 Å². The van der Waals surface area contributed by atoms with Crippen LogP contribution in [0.5, 0.6) is 11.5 Å². The highest BCUT2D eigenvalue weighted by molar-refractivity contribution is 6.02. The van der Waals surface area contributed by atoms with Crippen molar-refractivity contribution < 1.29 is 19.1 Å². The van der Waals surface area contributed by atoms with Crippen LogP contribution in [-0.2, 0) is 16.1 Å². The fourth-order valence-corrected chi connectivity index (χ4v) is 3.29. The molecule has 1 unspecified atom stereocenters. The van der Waals surface area contributed by atoms with Crippen LogP contribution < -0.4 is 14.9 Å². The van der Waals surface area contributed by atoms with Crippen LogP contribution in [0.25, 0.3) is 0 Å². The number of ether oxygens (including phenoxy) is 2.